The van der Waals surface area contributed by atoms with Crippen molar-refractivity contribution in [3.8, 4) is 5.88 Å². The molecule has 1 amide bonds. The van der Waals surface area contributed by atoms with Gasteiger partial charge in [-0.25, -0.2) is 4.98 Å². The number of hydrogen-bond acceptors (Lipinski definition) is 4. The number of aromatic nitrogens is 2. The molecule has 0 radical (unpaired) electrons. The summed E-state index contributed by atoms with van der Waals surface area (Å²) in [5.41, 5.74) is 2.42. The topological polar surface area (TPSA) is 64.1 Å². The second kappa shape index (κ2) is 6.22. The first kappa shape index (κ1) is 14.0. The van der Waals surface area contributed by atoms with Gasteiger partial charge in [0.2, 0.25) is 5.88 Å². The van der Waals surface area contributed by atoms with Gasteiger partial charge in [-0.05, 0) is 35.9 Å². The fourth-order valence-electron chi connectivity index (χ4n) is 2.17. The molecule has 2 heterocycles. The van der Waals surface area contributed by atoms with Crippen LogP contribution in [0, 0.1) is 0 Å². The van der Waals surface area contributed by atoms with Gasteiger partial charge >= 0.3 is 0 Å². The molecule has 0 spiro atoms. The van der Waals surface area contributed by atoms with Crippen molar-refractivity contribution in [1.29, 1.82) is 0 Å². The normalized spacial score (nSPS) is 10.4. The molecule has 5 heteroatoms. The van der Waals surface area contributed by atoms with Gasteiger partial charge in [0.25, 0.3) is 5.91 Å². The Balaban J connectivity index is 1.72. The van der Waals surface area contributed by atoms with E-state index in [4.69, 9.17) is 4.74 Å². The van der Waals surface area contributed by atoms with Crippen LogP contribution in [-0.4, -0.2) is 23.0 Å². The number of nitrogens with zero attached hydrogens (tertiary/aromatic N) is 2. The van der Waals surface area contributed by atoms with E-state index in [0.717, 1.165) is 16.5 Å². The number of amides is 1. The summed E-state index contributed by atoms with van der Waals surface area (Å²) in [7, 11) is 1.56. The Bertz CT molecular complexity index is 818. The lowest BCUT2D eigenvalue weighted by atomic mass is 10.1. The highest BCUT2D eigenvalue weighted by molar-refractivity contribution is 5.97. The second-order valence-corrected chi connectivity index (χ2v) is 4.80. The number of pyridine rings is 2. The lowest BCUT2D eigenvalue weighted by molar-refractivity contribution is 0.0951. The van der Waals surface area contributed by atoms with Crippen LogP contribution in [0.15, 0.2) is 54.9 Å². The minimum Gasteiger partial charge on any atom is -0.481 e. The van der Waals surface area contributed by atoms with Gasteiger partial charge in [0.05, 0.1) is 12.6 Å². The molecular formula is C17H15N3O2. The van der Waals surface area contributed by atoms with Crippen LogP contribution in [0.5, 0.6) is 5.88 Å². The SMILES string of the molecule is COc1cc(CNC(=O)c2ccc3ncccc3c2)ccn1. The molecule has 110 valence electrons. The predicted molar refractivity (Wildman–Crippen MR) is 83.7 cm³/mol. The van der Waals surface area contributed by atoms with Gasteiger partial charge in [0, 0.05) is 36.0 Å². The number of hydrogen-bond donors (Lipinski definition) is 1. The molecule has 0 fully saturated rings. The van der Waals surface area contributed by atoms with E-state index in [1.807, 2.05) is 30.3 Å². The minimum atomic E-state index is -0.124. The van der Waals surface area contributed by atoms with Crippen molar-refractivity contribution < 1.29 is 9.53 Å². The molecule has 0 aliphatic rings. The van der Waals surface area contributed by atoms with Crippen molar-refractivity contribution in [3.05, 3.63) is 66.0 Å². The zero-order valence-corrected chi connectivity index (χ0v) is 12.1. The molecule has 0 unspecified atom stereocenters. The quantitative estimate of drug-likeness (QED) is 0.803. The average molecular weight is 293 g/mol. The number of nitrogens with one attached hydrogen (secondary N) is 1. The molecule has 1 N–H and O–H groups in total. The second-order valence-electron chi connectivity index (χ2n) is 4.80. The predicted octanol–water partition coefficient (Wildman–Crippen LogP) is 2.57. The number of methoxy groups -OCH3 is 1. The Morgan fingerprint density at radius 3 is 2.91 bits per heavy atom. The van der Waals surface area contributed by atoms with Gasteiger partial charge in [-0.15, -0.1) is 0 Å². The number of carbonyl (C=O) groups excluding carboxylic acids is 1. The summed E-state index contributed by atoms with van der Waals surface area (Å²) in [5, 5.41) is 3.83. The Morgan fingerprint density at radius 1 is 1.14 bits per heavy atom. The fourth-order valence-corrected chi connectivity index (χ4v) is 2.17. The van der Waals surface area contributed by atoms with Crippen LogP contribution in [0.25, 0.3) is 10.9 Å². The highest BCUT2D eigenvalue weighted by atomic mass is 16.5. The monoisotopic (exact) mass is 293 g/mol. The average Bonchev–Trinajstić information content (AvgIpc) is 2.59. The molecule has 3 aromatic rings. The van der Waals surface area contributed by atoms with Crippen molar-refractivity contribution in [2.75, 3.05) is 7.11 Å². The maximum atomic E-state index is 12.2. The van der Waals surface area contributed by atoms with Gasteiger partial charge in [0.15, 0.2) is 0 Å². The molecular weight excluding hydrogens is 278 g/mol. The molecule has 0 aliphatic heterocycles. The third kappa shape index (κ3) is 3.03. The highest BCUT2D eigenvalue weighted by Crippen LogP contribution is 2.14. The summed E-state index contributed by atoms with van der Waals surface area (Å²) in [5.74, 6) is 0.407. The molecule has 5 nitrogen and oxygen atoms in total. The van der Waals surface area contributed by atoms with E-state index in [0.29, 0.717) is 18.0 Å². The Morgan fingerprint density at radius 2 is 2.05 bits per heavy atom. The van der Waals surface area contributed by atoms with E-state index in [1.54, 1.807) is 31.6 Å². The third-order valence-corrected chi connectivity index (χ3v) is 3.33. The molecule has 0 aliphatic carbocycles. The van der Waals surface area contributed by atoms with Crippen molar-refractivity contribution in [1.82, 2.24) is 15.3 Å². The van der Waals surface area contributed by atoms with Crippen LogP contribution < -0.4 is 10.1 Å². The van der Waals surface area contributed by atoms with E-state index < -0.39 is 0 Å². The maximum Gasteiger partial charge on any atom is 0.251 e. The van der Waals surface area contributed by atoms with Crippen LogP contribution in [0.1, 0.15) is 15.9 Å². The van der Waals surface area contributed by atoms with Crippen molar-refractivity contribution in [3.63, 3.8) is 0 Å². The molecule has 0 saturated heterocycles. The summed E-state index contributed by atoms with van der Waals surface area (Å²) < 4.78 is 5.06. The summed E-state index contributed by atoms with van der Waals surface area (Å²) in [4.78, 5) is 20.5. The minimum absolute atomic E-state index is 0.124. The number of benzene rings is 1. The van der Waals surface area contributed by atoms with E-state index in [2.05, 4.69) is 15.3 Å². The van der Waals surface area contributed by atoms with Crippen LogP contribution in [0.3, 0.4) is 0 Å². The number of ether oxygens (including phenoxy) is 1. The lowest BCUT2D eigenvalue weighted by Crippen LogP contribution is -2.22. The maximum absolute atomic E-state index is 12.2. The Kier molecular flexibility index (Phi) is 3.96. The number of carbonyl (C=O) groups is 1. The van der Waals surface area contributed by atoms with Gasteiger partial charge in [-0.1, -0.05) is 6.07 Å². The van der Waals surface area contributed by atoms with Crippen LogP contribution in [0.2, 0.25) is 0 Å². The summed E-state index contributed by atoms with van der Waals surface area (Å²) in [6.45, 7) is 0.419. The van der Waals surface area contributed by atoms with Crippen LogP contribution in [0.4, 0.5) is 0 Å². The lowest BCUT2D eigenvalue weighted by Gasteiger charge is -2.07. The largest absolute Gasteiger partial charge is 0.481 e. The first-order chi connectivity index (χ1) is 10.8. The van der Waals surface area contributed by atoms with Gasteiger partial charge in [-0.2, -0.15) is 0 Å². The Hall–Kier alpha value is -2.95. The van der Waals surface area contributed by atoms with Crippen molar-refractivity contribution in [2.45, 2.75) is 6.54 Å². The van der Waals surface area contributed by atoms with E-state index in [9.17, 15) is 4.79 Å². The van der Waals surface area contributed by atoms with Crippen molar-refractivity contribution >= 4 is 16.8 Å². The van der Waals surface area contributed by atoms with Gasteiger partial charge in [0.1, 0.15) is 0 Å². The molecule has 1 aromatic carbocycles. The van der Waals surface area contributed by atoms with Crippen molar-refractivity contribution in [2.24, 2.45) is 0 Å². The van der Waals surface area contributed by atoms with Gasteiger partial charge < -0.3 is 10.1 Å². The smallest absolute Gasteiger partial charge is 0.251 e. The first-order valence-corrected chi connectivity index (χ1v) is 6.88. The number of fused-ring (bicyclic) bond motifs is 1. The molecule has 0 saturated carbocycles. The fraction of sp³-hybridized carbons (Fsp3) is 0.118. The van der Waals surface area contributed by atoms with E-state index in [-0.39, 0.29) is 5.91 Å². The zero-order chi connectivity index (χ0) is 15.4. The zero-order valence-electron chi connectivity index (χ0n) is 12.1. The van der Waals surface area contributed by atoms with Crippen LogP contribution in [-0.2, 0) is 6.54 Å². The Labute approximate surface area is 128 Å². The summed E-state index contributed by atoms with van der Waals surface area (Å²) in [6, 6.07) is 12.9. The summed E-state index contributed by atoms with van der Waals surface area (Å²) in [6.07, 6.45) is 3.39. The number of rotatable bonds is 4. The molecule has 0 atom stereocenters. The van der Waals surface area contributed by atoms with Crippen LogP contribution >= 0.6 is 0 Å². The van der Waals surface area contributed by atoms with E-state index in [1.165, 1.54) is 0 Å². The summed E-state index contributed by atoms with van der Waals surface area (Å²) >= 11 is 0. The van der Waals surface area contributed by atoms with E-state index >= 15 is 0 Å². The molecule has 3 rings (SSSR count). The molecule has 0 bridgehead atoms. The van der Waals surface area contributed by atoms with Gasteiger partial charge in [-0.3, -0.25) is 9.78 Å². The molecule has 2 aromatic heterocycles. The highest BCUT2D eigenvalue weighted by Gasteiger charge is 2.07. The third-order valence-electron chi connectivity index (χ3n) is 3.33. The standard InChI is InChI=1S/C17H15N3O2/c1-22-16-9-12(6-8-19-16)11-20-17(21)14-4-5-15-13(10-14)3-2-7-18-15/h2-10H,11H2,1H3,(H,20,21). The molecule has 22 heavy (non-hydrogen) atoms. The first-order valence-electron chi connectivity index (χ1n) is 6.88.